The molecular formula is C23H22BrCl2NO4S. The van der Waals surface area contributed by atoms with Gasteiger partial charge in [-0.2, -0.15) is 0 Å². The monoisotopic (exact) mass is 557 g/mol. The van der Waals surface area contributed by atoms with Crippen LogP contribution in [0.25, 0.3) is 6.08 Å². The van der Waals surface area contributed by atoms with Crippen molar-refractivity contribution in [2.45, 2.75) is 33.3 Å². The minimum atomic E-state index is -0.262. The lowest BCUT2D eigenvalue weighted by Gasteiger charge is -2.15. The number of carbonyl (C=O) groups excluding carboxylic acids is 2. The molecule has 170 valence electrons. The molecule has 2 aromatic carbocycles. The predicted octanol–water partition coefficient (Wildman–Crippen LogP) is 7.57. The lowest BCUT2D eigenvalue weighted by Crippen LogP contribution is -2.29. The minimum Gasteiger partial charge on any atom is -0.490 e. The normalized spacial score (nSPS) is 15.0. The molecular weight excluding hydrogens is 537 g/mol. The first-order chi connectivity index (χ1) is 15.3. The fourth-order valence-corrected chi connectivity index (χ4v) is 4.78. The highest BCUT2D eigenvalue weighted by Crippen LogP contribution is 2.40. The summed E-state index contributed by atoms with van der Waals surface area (Å²) in [5.41, 5.74) is 1.58. The van der Waals surface area contributed by atoms with Crippen LogP contribution >= 0.6 is 50.9 Å². The summed E-state index contributed by atoms with van der Waals surface area (Å²) in [6.07, 6.45) is 3.40. The van der Waals surface area contributed by atoms with Gasteiger partial charge in [-0.1, -0.05) is 42.6 Å². The third kappa shape index (κ3) is 6.01. The standard InChI is InChI=1S/C23H22BrCl2NO4S/c1-3-5-8-27-22(28)20(32-23(27)29)12-15-9-16(24)21(19(11-15)30-4-2)31-13-14-6-7-17(25)18(26)10-14/h6-7,9-12H,3-5,8,13H2,1-2H3/b20-12-. The molecule has 0 aliphatic carbocycles. The highest BCUT2D eigenvalue weighted by atomic mass is 79.9. The number of hydrogen-bond donors (Lipinski definition) is 0. The van der Waals surface area contributed by atoms with Gasteiger partial charge in [0.1, 0.15) is 6.61 Å². The summed E-state index contributed by atoms with van der Waals surface area (Å²) in [6.45, 7) is 5.04. The number of thioether (sulfide) groups is 1. The Labute approximate surface area is 210 Å². The second kappa shape index (κ2) is 11.5. The summed E-state index contributed by atoms with van der Waals surface area (Å²) in [4.78, 5) is 26.5. The molecule has 5 nitrogen and oxygen atoms in total. The maximum Gasteiger partial charge on any atom is 0.293 e. The SMILES string of the molecule is CCCCN1C(=O)S/C(=C\c2cc(Br)c(OCc3ccc(Cl)c(Cl)c3)c(OCC)c2)C1=O. The molecule has 32 heavy (non-hydrogen) atoms. The molecule has 2 aromatic rings. The van der Waals surface area contributed by atoms with Gasteiger partial charge < -0.3 is 9.47 Å². The Kier molecular flexibility index (Phi) is 8.94. The van der Waals surface area contributed by atoms with E-state index < -0.39 is 0 Å². The maximum atomic E-state index is 12.6. The molecule has 0 saturated carbocycles. The van der Waals surface area contributed by atoms with Crippen LogP contribution in [0.3, 0.4) is 0 Å². The van der Waals surface area contributed by atoms with E-state index in [0.717, 1.165) is 35.7 Å². The van der Waals surface area contributed by atoms with Crippen molar-refractivity contribution in [1.82, 2.24) is 4.90 Å². The van der Waals surface area contributed by atoms with Crippen molar-refractivity contribution in [2.24, 2.45) is 0 Å². The van der Waals surface area contributed by atoms with Crippen LogP contribution in [-0.4, -0.2) is 29.2 Å². The smallest absolute Gasteiger partial charge is 0.293 e. The van der Waals surface area contributed by atoms with Crippen LogP contribution in [-0.2, 0) is 11.4 Å². The lowest BCUT2D eigenvalue weighted by atomic mass is 10.1. The van der Waals surface area contributed by atoms with Gasteiger partial charge in [0.2, 0.25) is 0 Å². The van der Waals surface area contributed by atoms with Gasteiger partial charge in [0.15, 0.2) is 11.5 Å². The molecule has 1 saturated heterocycles. The minimum absolute atomic E-state index is 0.236. The van der Waals surface area contributed by atoms with Crippen molar-refractivity contribution >= 4 is 68.1 Å². The third-order valence-corrected chi connectivity index (χ3v) is 6.84. The van der Waals surface area contributed by atoms with Gasteiger partial charge in [-0.15, -0.1) is 0 Å². The fraction of sp³-hybridized carbons (Fsp3) is 0.304. The zero-order valence-electron chi connectivity index (χ0n) is 17.6. The summed E-state index contributed by atoms with van der Waals surface area (Å²) >= 11 is 16.6. The zero-order valence-corrected chi connectivity index (χ0v) is 21.5. The molecule has 3 rings (SSSR count). The number of halogens is 3. The second-order valence-electron chi connectivity index (χ2n) is 6.99. The number of nitrogens with zero attached hydrogens (tertiary/aromatic N) is 1. The van der Waals surface area contributed by atoms with Crippen LogP contribution in [0, 0.1) is 0 Å². The Bertz CT molecular complexity index is 1060. The van der Waals surface area contributed by atoms with E-state index in [4.69, 9.17) is 32.7 Å². The summed E-state index contributed by atoms with van der Waals surface area (Å²) < 4.78 is 12.4. The number of amides is 2. The second-order valence-corrected chi connectivity index (χ2v) is 9.65. The highest BCUT2D eigenvalue weighted by molar-refractivity contribution is 9.10. The van der Waals surface area contributed by atoms with E-state index >= 15 is 0 Å². The summed E-state index contributed by atoms with van der Waals surface area (Å²) in [5, 5.41) is 0.704. The Morgan fingerprint density at radius 2 is 1.88 bits per heavy atom. The number of hydrogen-bond acceptors (Lipinski definition) is 5. The van der Waals surface area contributed by atoms with E-state index in [-0.39, 0.29) is 17.8 Å². The molecule has 1 heterocycles. The van der Waals surface area contributed by atoms with E-state index in [1.807, 2.05) is 26.0 Å². The van der Waals surface area contributed by atoms with Crippen LogP contribution in [0.1, 0.15) is 37.8 Å². The maximum absolute atomic E-state index is 12.6. The van der Waals surface area contributed by atoms with E-state index in [9.17, 15) is 9.59 Å². The molecule has 0 N–H and O–H groups in total. The van der Waals surface area contributed by atoms with Gasteiger partial charge in [-0.3, -0.25) is 14.5 Å². The Balaban J connectivity index is 1.83. The number of rotatable bonds is 9. The van der Waals surface area contributed by atoms with E-state index in [2.05, 4.69) is 15.9 Å². The summed E-state index contributed by atoms with van der Waals surface area (Å²) in [6, 6.07) is 8.93. The average molecular weight is 559 g/mol. The average Bonchev–Trinajstić information content (AvgIpc) is 3.01. The molecule has 0 spiro atoms. The van der Waals surface area contributed by atoms with Crippen LogP contribution in [0.2, 0.25) is 10.0 Å². The molecule has 0 bridgehead atoms. The Morgan fingerprint density at radius 1 is 1.09 bits per heavy atom. The Hall–Kier alpha value is -1.67. The fourth-order valence-electron chi connectivity index (χ4n) is 3.02. The van der Waals surface area contributed by atoms with Gasteiger partial charge in [0.05, 0.1) is 26.0 Å². The summed E-state index contributed by atoms with van der Waals surface area (Å²) in [7, 11) is 0. The third-order valence-electron chi connectivity index (χ3n) is 4.61. The van der Waals surface area contributed by atoms with Gasteiger partial charge >= 0.3 is 0 Å². The predicted molar refractivity (Wildman–Crippen MR) is 134 cm³/mol. The number of unbranched alkanes of at least 4 members (excludes halogenated alkanes) is 1. The molecule has 0 radical (unpaired) electrons. The van der Waals surface area contributed by atoms with Crippen molar-refractivity contribution in [2.75, 3.05) is 13.2 Å². The van der Waals surface area contributed by atoms with Gasteiger partial charge in [0.25, 0.3) is 11.1 Å². The van der Waals surface area contributed by atoms with E-state index in [1.165, 1.54) is 4.90 Å². The molecule has 0 unspecified atom stereocenters. The first-order valence-corrected chi connectivity index (χ1v) is 12.5. The molecule has 0 aromatic heterocycles. The van der Waals surface area contributed by atoms with Crippen molar-refractivity contribution < 1.29 is 19.1 Å². The van der Waals surface area contributed by atoms with E-state index in [1.54, 1.807) is 24.3 Å². The quantitative estimate of drug-likeness (QED) is 0.297. The lowest BCUT2D eigenvalue weighted by molar-refractivity contribution is -0.122. The van der Waals surface area contributed by atoms with Gasteiger partial charge in [-0.25, -0.2) is 0 Å². The van der Waals surface area contributed by atoms with Crippen molar-refractivity contribution in [1.29, 1.82) is 0 Å². The Morgan fingerprint density at radius 3 is 2.56 bits per heavy atom. The number of imide groups is 1. The zero-order chi connectivity index (χ0) is 23.3. The van der Waals surface area contributed by atoms with Crippen molar-refractivity contribution in [3.63, 3.8) is 0 Å². The number of carbonyl (C=O) groups is 2. The van der Waals surface area contributed by atoms with Gasteiger partial charge in [0, 0.05) is 6.54 Å². The molecule has 0 atom stereocenters. The first-order valence-electron chi connectivity index (χ1n) is 10.1. The number of ether oxygens (including phenoxy) is 2. The van der Waals surface area contributed by atoms with Crippen LogP contribution in [0.5, 0.6) is 11.5 Å². The van der Waals surface area contributed by atoms with Crippen molar-refractivity contribution in [3.05, 3.63) is 60.9 Å². The first kappa shape index (κ1) is 25.0. The van der Waals surface area contributed by atoms with Crippen LogP contribution < -0.4 is 9.47 Å². The number of benzene rings is 2. The highest BCUT2D eigenvalue weighted by Gasteiger charge is 2.34. The molecule has 2 amide bonds. The summed E-state index contributed by atoms with van der Waals surface area (Å²) in [5.74, 6) is 0.798. The van der Waals surface area contributed by atoms with Crippen LogP contribution in [0.15, 0.2) is 39.7 Å². The van der Waals surface area contributed by atoms with Gasteiger partial charge in [-0.05, 0) is 82.5 Å². The molecule has 9 heteroatoms. The van der Waals surface area contributed by atoms with Crippen molar-refractivity contribution in [3.8, 4) is 11.5 Å². The topological polar surface area (TPSA) is 55.8 Å². The molecule has 1 aliphatic heterocycles. The molecule has 1 fully saturated rings. The van der Waals surface area contributed by atoms with E-state index in [0.29, 0.717) is 44.1 Å². The molecule has 1 aliphatic rings. The largest absolute Gasteiger partial charge is 0.490 e. The van der Waals surface area contributed by atoms with Crippen LogP contribution in [0.4, 0.5) is 4.79 Å².